The second-order valence-electron chi connectivity index (χ2n) is 7.13. The van der Waals surface area contributed by atoms with Crippen molar-refractivity contribution in [2.24, 2.45) is 17.8 Å². The molecule has 0 aliphatic heterocycles. The molecule has 0 amide bonds. The van der Waals surface area contributed by atoms with Gasteiger partial charge in [-0.3, -0.25) is 0 Å². The third kappa shape index (κ3) is 2.92. The molecule has 3 saturated carbocycles. The lowest BCUT2D eigenvalue weighted by Crippen LogP contribution is -2.43. The van der Waals surface area contributed by atoms with Crippen LogP contribution >= 0.6 is 0 Å². The van der Waals surface area contributed by atoms with Gasteiger partial charge in [-0.2, -0.15) is 0 Å². The molecule has 0 aromatic rings. The lowest BCUT2D eigenvalue weighted by atomic mass is 9.71. The van der Waals surface area contributed by atoms with Crippen LogP contribution in [-0.4, -0.2) is 12.1 Å². The largest absolute Gasteiger partial charge is 0.311 e. The van der Waals surface area contributed by atoms with E-state index in [2.05, 4.69) is 12.2 Å². The van der Waals surface area contributed by atoms with E-state index in [-0.39, 0.29) is 0 Å². The normalized spacial score (nSPS) is 41.8. The average molecular weight is 249 g/mol. The Bertz CT molecular complexity index is 256. The smallest absolute Gasteiger partial charge is 0.0102 e. The first-order valence-electron chi connectivity index (χ1n) is 8.64. The van der Waals surface area contributed by atoms with Crippen molar-refractivity contribution >= 4 is 0 Å². The molecular formula is C17H31N. The Morgan fingerprint density at radius 1 is 0.833 bits per heavy atom. The van der Waals surface area contributed by atoms with Gasteiger partial charge in [0.2, 0.25) is 0 Å². The van der Waals surface area contributed by atoms with E-state index in [0.717, 1.165) is 29.8 Å². The van der Waals surface area contributed by atoms with Gasteiger partial charge in [0.05, 0.1) is 0 Å². The molecule has 3 rings (SSSR count). The fraction of sp³-hybridized carbons (Fsp3) is 1.00. The third-order valence-corrected chi connectivity index (χ3v) is 5.95. The van der Waals surface area contributed by atoms with Gasteiger partial charge in [0.25, 0.3) is 0 Å². The van der Waals surface area contributed by atoms with Crippen LogP contribution in [0.25, 0.3) is 0 Å². The van der Waals surface area contributed by atoms with E-state index in [9.17, 15) is 0 Å². The molecule has 0 spiro atoms. The Balaban J connectivity index is 1.55. The van der Waals surface area contributed by atoms with E-state index < -0.39 is 0 Å². The molecule has 0 saturated heterocycles. The van der Waals surface area contributed by atoms with Gasteiger partial charge in [-0.15, -0.1) is 0 Å². The van der Waals surface area contributed by atoms with Crippen LogP contribution in [0.15, 0.2) is 0 Å². The van der Waals surface area contributed by atoms with E-state index in [1.807, 2.05) is 0 Å². The zero-order valence-corrected chi connectivity index (χ0v) is 12.2. The monoisotopic (exact) mass is 249 g/mol. The Morgan fingerprint density at radius 3 is 2.28 bits per heavy atom. The maximum Gasteiger partial charge on any atom is 0.0102 e. The minimum absolute atomic E-state index is 0.878. The van der Waals surface area contributed by atoms with Crippen molar-refractivity contribution in [3.63, 3.8) is 0 Å². The molecule has 4 atom stereocenters. The van der Waals surface area contributed by atoms with Crippen molar-refractivity contribution in [2.45, 2.75) is 89.6 Å². The Hall–Kier alpha value is -0.0400. The molecule has 0 heterocycles. The van der Waals surface area contributed by atoms with Gasteiger partial charge in [0, 0.05) is 12.1 Å². The number of rotatable bonds is 4. The SMILES string of the molecule is CCC1CC1NC1CCCCC1C1CCCCC1. The zero-order chi connectivity index (χ0) is 12.4. The van der Waals surface area contributed by atoms with Gasteiger partial charge in [-0.05, 0) is 37.0 Å². The van der Waals surface area contributed by atoms with Crippen LogP contribution in [0.4, 0.5) is 0 Å². The van der Waals surface area contributed by atoms with Crippen molar-refractivity contribution in [2.75, 3.05) is 0 Å². The summed E-state index contributed by atoms with van der Waals surface area (Å²) in [5.74, 6) is 3.10. The quantitative estimate of drug-likeness (QED) is 0.773. The van der Waals surface area contributed by atoms with Crippen molar-refractivity contribution in [1.82, 2.24) is 5.32 Å². The van der Waals surface area contributed by atoms with Gasteiger partial charge in [-0.1, -0.05) is 58.3 Å². The molecule has 104 valence electrons. The molecule has 18 heavy (non-hydrogen) atoms. The highest BCUT2D eigenvalue weighted by atomic mass is 15.0. The maximum atomic E-state index is 4.04. The minimum atomic E-state index is 0.878. The Morgan fingerprint density at radius 2 is 1.56 bits per heavy atom. The van der Waals surface area contributed by atoms with Gasteiger partial charge in [-0.25, -0.2) is 0 Å². The van der Waals surface area contributed by atoms with E-state index in [4.69, 9.17) is 0 Å². The molecule has 0 aromatic carbocycles. The molecule has 0 aromatic heterocycles. The van der Waals surface area contributed by atoms with Gasteiger partial charge in [0.1, 0.15) is 0 Å². The van der Waals surface area contributed by atoms with Crippen LogP contribution in [0.1, 0.15) is 77.6 Å². The van der Waals surface area contributed by atoms with Crippen LogP contribution in [0.5, 0.6) is 0 Å². The van der Waals surface area contributed by atoms with Crippen molar-refractivity contribution in [3.05, 3.63) is 0 Å². The summed E-state index contributed by atoms with van der Waals surface area (Å²) in [6, 6.07) is 1.77. The second kappa shape index (κ2) is 5.94. The predicted octanol–water partition coefficient (Wildman–Crippen LogP) is 4.51. The molecule has 1 N–H and O–H groups in total. The first-order chi connectivity index (χ1) is 8.88. The molecule has 0 bridgehead atoms. The minimum Gasteiger partial charge on any atom is -0.311 e. The summed E-state index contributed by atoms with van der Waals surface area (Å²) in [5.41, 5.74) is 0. The van der Waals surface area contributed by atoms with E-state index in [1.165, 1.54) is 70.6 Å². The molecule has 3 fully saturated rings. The lowest BCUT2D eigenvalue weighted by molar-refractivity contribution is 0.148. The molecule has 0 radical (unpaired) electrons. The van der Waals surface area contributed by atoms with Gasteiger partial charge in [0.15, 0.2) is 0 Å². The average Bonchev–Trinajstić information content (AvgIpc) is 3.19. The van der Waals surface area contributed by atoms with Crippen LogP contribution in [0.3, 0.4) is 0 Å². The fourth-order valence-corrected chi connectivity index (χ4v) is 4.67. The summed E-state index contributed by atoms with van der Waals surface area (Å²) in [5, 5.41) is 4.04. The first-order valence-corrected chi connectivity index (χ1v) is 8.64. The highest BCUT2D eigenvalue weighted by Gasteiger charge is 2.40. The molecule has 4 unspecified atom stereocenters. The Kier molecular flexibility index (Phi) is 4.28. The zero-order valence-electron chi connectivity index (χ0n) is 12.2. The molecule has 1 nitrogen and oxygen atoms in total. The molecule has 3 aliphatic carbocycles. The topological polar surface area (TPSA) is 12.0 Å². The van der Waals surface area contributed by atoms with Crippen molar-refractivity contribution in [3.8, 4) is 0 Å². The van der Waals surface area contributed by atoms with E-state index >= 15 is 0 Å². The van der Waals surface area contributed by atoms with Crippen LogP contribution in [0, 0.1) is 17.8 Å². The highest BCUT2D eigenvalue weighted by Crippen LogP contribution is 2.41. The highest BCUT2D eigenvalue weighted by molar-refractivity contribution is 4.97. The summed E-state index contributed by atoms with van der Waals surface area (Å²) in [6.45, 7) is 2.35. The summed E-state index contributed by atoms with van der Waals surface area (Å²) >= 11 is 0. The predicted molar refractivity (Wildman–Crippen MR) is 77.6 cm³/mol. The molecular weight excluding hydrogens is 218 g/mol. The van der Waals surface area contributed by atoms with E-state index in [1.54, 1.807) is 0 Å². The fourth-order valence-electron chi connectivity index (χ4n) is 4.67. The van der Waals surface area contributed by atoms with E-state index in [0.29, 0.717) is 0 Å². The summed E-state index contributed by atoms with van der Waals surface area (Å²) in [7, 11) is 0. The van der Waals surface area contributed by atoms with Crippen LogP contribution in [0.2, 0.25) is 0 Å². The van der Waals surface area contributed by atoms with Crippen molar-refractivity contribution < 1.29 is 0 Å². The standard InChI is InChI=1S/C17H31N/c1-2-13-12-17(13)18-16-11-7-6-10-15(16)14-8-4-3-5-9-14/h13-18H,2-12H2,1H3. The first kappa shape index (κ1) is 13.0. The number of hydrogen-bond donors (Lipinski definition) is 1. The third-order valence-electron chi connectivity index (χ3n) is 5.95. The second-order valence-corrected chi connectivity index (χ2v) is 7.13. The van der Waals surface area contributed by atoms with Crippen LogP contribution in [-0.2, 0) is 0 Å². The summed E-state index contributed by atoms with van der Waals surface area (Å²) < 4.78 is 0. The Labute approximate surface area is 113 Å². The lowest BCUT2D eigenvalue weighted by Gasteiger charge is -2.39. The number of nitrogens with one attached hydrogen (secondary N) is 1. The van der Waals surface area contributed by atoms with Gasteiger partial charge < -0.3 is 5.32 Å². The van der Waals surface area contributed by atoms with Crippen molar-refractivity contribution in [1.29, 1.82) is 0 Å². The molecule has 1 heteroatoms. The summed E-state index contributed by atoms with van der Waals surface area (Å²) in [6.07, 6.45) is 16.4. The van der Waals surface area contributed by atoms with Crippen LogP contribution < -0.4 is 5.32 Å². The number of hydrogen-bond acceptors (Lipinski definition) is 1. The molecule has 3 aliphatic rings. The van der Waals surface area contributed by atoms with Gasteiger partial charge >= 0.3 is 0 Å². The summed E-state index contributed by atoms with van der Waals surface area (Å²) in [4.78, 5) is 0. The maximum absolute atomic E-state index is 4.04.